The summed E-state index contributed by atoms with van der Waals surface area (Å²) in [4.78, 5) is 0. The second-order valence-electron chi connectivity index (χ2n) is 3.52. The fourth-order valence-electron chi connectivity index (χ4n) is 1.49. The second kappa shape index (κ2) is 3.87. The third-order valence-corrected chi connectivity index (χ3v) is 2.34. The van der Waals surface area contributed by atoms with Gasteiger partial charge in [-0.25, -0.2) is 4.39 Å². The van der Waals surface area contributed by atoms with Crippen LogP contribution in [0.1, 0.15) is 22.9 Å². The Morgan fingerprint density at radius 3 is 2.40 bits per heavy atom. The van der Waals surface area contributed by atoms with E-state index in [1.807, 2.05) is 13.0 Å². The van der Waals surface area contributed by atoms with Crippen molar-refractivity contribution in [3.8, 4) is 0 Å². The Balaban J connectivity index is 2.28. The van der Waals surface area contributed by atoms with Crippen LogP contribution in [0.4, 0.5) is 4.39 Å². The third-order valence-electron chi connectivity index (χ3n) is 2.34. The Morgan fingerprint density at radius 1 is 1.20 bits per heavy atom. The fraction of sp³-hybridized carbons (Fsp3) is 0.167. The normalized spacial score (nSPS) is 12.7. The van der Waals surface area contributed by atoms with Gasteiger partial charge in [0.25, 0.3) is 0 Å². The summed E-state index contributed by atoms with van der Waals surface area (Å²) in [5, 5.41) is 0. The van der Waals surface area contributed by atoms with Crippen LogP contribution in [0.25, 0.3) is 0 Å². The van der Waals surface area contributed by atoms with Gasteiger partial charge < -0.3 is 10.2 Å². The largest absolute Gasteiger partial charge is 0.469 e. The lowest BCUT2D eigenvalue weighted by molar-refractivity contribution is 0.530. The highest BCUT2D eigenvalue weighted by Gasteiger charge is 2.10. The summed E-state index contributed by atoms with van der Waals surface area (Å²) >= 11 is 0. The van der Waals surface area contributed by atoms with Crippen molar-refractivity contribution in [2.45, 2.75) is 13.0 Å². The molecule has 15 heavy (non-hydrogen) atoms. The number of hydrogen-bond donors (Lipinski definition) is 1. The van der Waals surface area contributed by atoms with Crippen LogP contribution in [0, 0.1) is 12.7 Å². The van der Waals surface area contributed by atoms with E-state index in [-0.39, 0.29) is 11.9 Å². The van der Waals surface area contributed by atoms with Gasteiger partial charge in [0.15, 0.2) is 0 Å². The maximum absolute atomic E-state index is 12.7. The molecule has 2 rings (SSSR count). The number of halogens is 1. The molecule has 1 unspecified atom stereocenters. The molecule has 0 saturated carbocycles. The monoisotopic (exact) mass is 205 g/mol. The molecule has 1 aromatic carbocycles. The first-order chi connectivity index (χ1) is 7.16. The third kappa shape index (κ3) is 2.07. The predicted molar refractivity (Wildman–Crippen MR) is 55.9 cm³/mol. The number of furan rings is 1. The van der Waals surface area contributed by atoms with Gasteiger partial charge in [-0.05, 0) is 30.7 Å². The minimum atomic E-state index is -0.261. The Bertz CT molecular complexity index is 447. The highest BCUT2D eigenvalue weighted by Crippen LogP contribution is 2.21. The molecule has 2 N–H and O–H groups in total. The maximum atomic E-state index is 12.7. The molecule has 0 aliphatic carbocycles. The summed E-state index contributed by atoms with van der Waals surface area (Å²) in [6, 6.07) is 7.80. The lowest BCUT2D eigenvalue weighted by Gasteiger charge is -2.08. The van der Waals surface area contributed by atoms with Gasteiger partial charge >= 0.3 is 0 Å². The SMILES string of the molecule is Cc1cc(C(N)c2ccc(F)cc2)co1. The van der Waals surface area contributed by atoms with E-state index in [4.69, 9.17) is 10.2 Å². The van der Waals surface area contributed by atoms with Crippen LogP contribution in [0.15, 0.2) is 41.0 Å². The summed E-state index contributed by atoms with van der Waals surface area (Å²) in [6.45, 7) is 1.86. The predicted octanol–water partition coefficient (Wildman–Crippen LogP) is 2.78. The molecule has 0 radical (unpaired) electrons. The zero-order chi connectivity index (χ0) is 10.8. The maximum Gasteiger partial charge on any atom is 0.123 e. The molecule has 2 aromatic rings. The van der Waals surface area contributed by atoms with E-state index < -0.39 is 0 Å². The molecule has 0 bridgehead atoms. The van der Waals surface area contributed by atoms with E-state index in [1.165, 1.54) is 12.1 Å². The molecule has 1 aromatic heterocycles. The van der Waals surface area contributed by atoms with E-state index in [2.05, 4.69) is 0 Å². The molecule has 0 spiro atoms. The summed E-state index contributed by atoms with van der Waals surface area (Å²) in [5.74, 6) is 0.567. The number of hydrogen-bond acceptors (Lipinski definition) is 2. The van der Waals surface area contributed by atoms with Crippen molar-refractivity contribution in [3.63, 3.8) is 0 Å². The Labute approximate surface area is 87.5 Å². The van der Waals surface area contributed by atoms with Gasteiger partial charge in [0.2, 0.25) is 0 Å². The van der Waals surface area contributed by atoms with E-state index >= 15 is 0 Å². The number of nitrogens with two attached hydrogens (primary N) is 1. The van der Waals surface area contributed by atoms with Gasteiger partial charge in [0.1, 0.15) is 11.6 Å². The highest BCUT2D eigenvalue weighted by molar-refractivity contribution is 5.30. The molecular formula is C12H12FNO. The van der Waals surface area contributed by atoms with Gasteiger partial charge in [0, 0.05) is 5.56 Å². The van der Waals surface area contributed by atoms with E-state index in [0.29, 0.717) is 0 Å². The minimum Gasteiger partial charge on any atom is -0.469 e. The van der Waals surface area contributed by atoms with Crippen LogP contribution in [-0.2, 0) is 0 Å². The van der Waals surface area contributed by atoms with Crippen LogP contribution in [-0.4, -0.2) is 0 Å². The first-order valence-electron chi connectivity index (χ1n) is 4.73. The molecule has 78 valence electrons. The topological polar surface area (TPSA) is 39.2 Å². The molecule has 3 heteroatoms. The van der Waals surface area contributed by atoms with Crippen molar-refractivity contribution in [3.05, 3.63) is 59.3 Å². The zero-order valence-electron chi connectivity index (χ0n) is 8.41. The number of aryl methyl sites for hydroxylation is 1. The molecule has 0 aliphatic rings. The standard InChI is InChI=1S/C12H12FNO/c1-8-6-10(7-15-8)12(14)9-2-4-11(13)5-3-9/h2-7,12H,14H2,1H3. The van der Waals surface area contributed by atoms with Crippen LogP contribution in [0.5, 0.6) is 0 Å². The van der Waals surface area contributed by atoms with Crippen LogP contribution >= 0.6 is 0 Å². The van der Waals surface area contributed by atoms with E-state index in [0.717, 1.165) is 16.9 Å². The molecule has 0 amide bonds. The van der Waals surface area contributed by atoms with Crippen molar-refractivity contribution in [2.75, 3.05) is 0 Å². The molecule has 2 nitrogen and oxygen atoms in total. The van der Waals surface area contributed by atoms with Gasteiger partial charge in [-0.3, -0.25) is 0 Å². The van der Waals surface area contributed by atoms with Gasteiger partial charge in [0.05, 0.1) is 12.3 Å². The number of benzene rings is 1. The van der Waals surface area contributed by atoms with Gasteiger partial charge in [-0.1, -0.05) is 12.1 Å². The van der Waals surface area contributed by atoms with Crippen molar-refractivity contribution >= 4 is 0 Å². The fourth-order valence-corrected chi connectivity index (χ4v) is 1.49. The lowest BCUT2D eigenvalue weighted by Crippen LogP contribution is -2.10. The minimum absolute atomic E-state index is 0.255. The van der Waals surface area contributed by atoms with Gasteiger partial charge in [-0.15, -0.1) is 0 Å². The molecule has 1 atom stereocenters. The van der Waals surface area contributed by atoms with Crippen molar-refractivity contribution in [1.82, 2.24) is 0 Å². The summed E-state index contributed by atoms with van der Waals surface area (Å²) < 4.78 is 17.9. The summed E-state index contributed by atoms with van der Waals surface area (Å²) in [5.41, 5.74) is 7.77. The molecule has 0 aliphatic heterocycles. The van der Waals surface area contributed by atoms with Crippen molar-refractivity contribution in [1.29, 1.82) is 0 Å². The summed E-state index contributed by atoms with van der Waals surface area (Å²) in [7, 11) is 0. The lowest BCUT2D eigenvalue weighted by atomic mass is 10.0. The van der Waals surface area contributed by atoms with Crippen molar-refractivity contribution < 1.29 is 8.81 Å². The van der Waals surface area contributed by atoms with E-state index in [1.54, 1.807) is 18.4 Å². The smallest absolute Gasteiger partial charge is 0.123 e. The first-order valence-corrected chi connectivity index (χ1v) is 4.73. The van der Waals surface area contributed by atoms with Crippen LogP contribution in [0.2, 0.25) is 0 Å². The van der Waals surface area contributed by atoms with Crippen LogP contribution in [0.3, 0.4) is 0 Å². The molecular weight excluding hydrogens is 193 g/mol. The summed E-state index contributed by atoms with van der Waals surface area (Å²) in [6.07, 6.45) is 1.63. The molecule has 0 fully saturated rings. The average molecular weight is 205 g/mol. The number of rotatable bonds is 2. The Kier molecular flexibility index (Phi) is 2.56. The van der Waals surface area contributed by atoms with E-state index in [9.17, 15) is 4.39 Å². The second-order valence-corrected chi connectivity index (χ2v) is 3.52. The first kappa shape index (κ1) is 9.93. The molecule has 1 heterocycles. The Hall–Kier alpha value is -1.61. The zero-order valence-corrected chi connectivity index (χ0v) is 8.41. The quantitative estimate of drug-likeness (QED) is 0.818. The highest BCUT2D eigenvalue weighted by atomic mass is 19.1. The average Bonchev–Trinajstić information content (AvgIpc) is 2.65. The van der Waals surface area contributed by atoms with Crippen molar-refractivity contribution in [2.24, 2.45) is 5.73 Å². The van der Waals surface area contributed by atoms with Crippen LogP contribution < -0.4 is 5.73 Å². The molecule has 0 saturated heterocycles. The Morgan fingerprint density at radius 2 is 1.87 bits per heavy atom. The van der Waals surface area contributed by atoms with Gasteiger partial charge in [-0.2, -0.15) is 0 Å².